The first-order chi connectivity index (χ1) is 7.43. The van der Waals surface area contributed by atoms with Crippen LogP contribution < -0.4 is 0 Å². The molecule has 1 unspecified atom stereocenters. The van der Waals surface area contributed by atoms with Crippen LogP contribution in [-0.4, -0.2) is 42.4 Å². The second kappa shape index (κ2) is 4.00. The molecule has 0 aliphatic carbocycles. The van der Waals surface area contributed by atoms with E-state index < -0.39 is 5.60 Å². The lowest BCUT2D eigenvalue weighted by Crippen LogP contribution is -2.51. The molecule has 1 aromatic heterocycles. The molecule has 0 spiro atoms. The minimum Gasteiger partial charge on any atom is -0.388 e. The summed E-state index contributed by atoms with van der Waals surface area (Å²) in [6, 6.07) is 0. The molecule has 0 bridgehead atoms. The van der Waals surface area contributed by atoms with E-state index in [1.54, 1.807) is 18.8 Å². The third-order valence-corrected chi connectivity index (χ3v) is 4.65. The molecular formula is C10H18N4OS. The molecule has 16 heavy (non-hydrogen) atoms. The summed E-state index contributed by atoms with van der Waals surface area (Å²) in [5.74, 6) is 2.49. The van der Waals surface area contributed by atoms with E-state index in [1.807, 2.05) is 0 Å². The lowest BCUT2D eigenvalue weighted by atomic mass is 9.71. The van der Waals surface area contributed by atoms with E-state index >= 15 is 0 Å². The third kappa shape index (κ3) is 2.08. The Balaban J connectivity index is 2.17. The van der Waals surface area contributed by atoms with E-state index in [0.717, 1.165) is 17.9 Å². The van der Waals surface area contributed by atoms with Crippen LogP contribution in [-0.2, 0) is 13.5 Å². The summed E-state index contributed by atoms with van der Waals surface area (Å²) in [5, 5.41) is 22.6. The van der Waals surface area contributed by atoms with Crippen LogP contribution in [0.15, 0.2) is 0 Å². The van der Waals surface area contributed by atoms with Crippen molar-refractivity contribution >= 4 is 11.8 Å². The Morgan fingerprint density at radius 1 is 1.50 bits per heavy atom. The molecule has 1 N–H and O–H groups in total. The number of rotatable bonds is 2. The highest BCUT2D eigenvalue weighted by Gasteiger charge is 2.46. The van der Waals surface area contributed by atoms with Gasteiger partial charge in [-0.05, 0) is 22.8 Å². The maximum atomic E-state index is 10.7. The van der Waals surface area contributed by atoms with Crippen LogP contribution in [0.2, 0.25) is 0 Å². The first-order valence-corrected chi connectivity index (χ1v) is 6.61. The van der Waals surface area contributed by atoms with E-state index in [2.05, 4.69) is 29.3 Å². The van der Waals surface area contributed by atoms with Gasteiger partial charge in [-0.15, -0.1) is 10.2 Å². The molecule has 2 heterocycles. The van der Waals surface area contributed by atoms with Gasteiger partial charge in [0.05, 0.1) is 12.6 Å². The summed E-state index contributed by atoms with van der Waals surface area (Å²) in [4.78, 5) is 1.43. The SMILES string of the molecule is Cn1nnc(CC2(O)CSCCC2(C)C)n1. The van der Waals surface area contributed by atoms with Crippen molar-refractivity contribution in [3.63, 3.8) is 0 Å². The molecule has 0 amide bonds. The molecular weight excluding hydrogens is 224 g/mol. The van der Waals surface area contributed by atoms with E-state index in [-0.39, 0.29) is 5.41 Å². The molecule has 1 aromatic rings. The van der Waals surface area contributed by atoms with Gasteiger partial charge in [-0.1, -0.05) is 13.8 Å². The Bertz CT molecular complexity index is 379. The van der Waals surface area contributed by atoms with Crippen LogP contribution in [0, 0.1) is 5.41 Å². The summed E-state index contributed by atoms with van der Waals surface area (Å²) >= 11 is 1.80. The van der Waals surface area contributed by atoms with Crippen LogP contribution in [0.4, 0.5) is 0 Å². The molecule has 0 saturated carbocycles. The van der Waals surface area contributed by atoms with Crippen molar-refractivity contribution in [2.45, 2.75) is 32.3 Å². The van der Waals surface area contributed by atoms with Gasteiger partial charge >= 0.3 is 0 Å². The molecule has 2 rings (SSSR count). The Morgan fingerprint density at radius 2 is 2.25 bits per heavy atom. The van der Waals surface area contributed by atoms with Gasteiger partial charge in [0, 0.05) is 12.2 Å². The number of hydrogen-bond donors (Lipinski definition) is 1. The number of thioether (sulfide) groups is 1. The maximum Gasteiger partial charge on any atom is 0.177 e. The lowest BCUT2D eigenvalue weighted by Gasteiger charge is -2.45. The van der Waals surface area contributed by atoms with Gasteiger partial charge in [0.1, 0.15) is 0 Å². The number of aromatic nitrogens is 4. The van der Waals surface area contributed by atoms with Gasteiger partial charge in [-0.2, -0.15) is 16.6 Å². The molecule has 1 saturated heterocycles. The fourth-order valence-corrected chi connectivity index (χ4v) is 3.57. The largest absolute Gasteiger partial charge is 0.388 e. The Hall–Kier alpha value is -0.620. The van der Waals surface area contributed by atoms with Gasteiger partial charge in [-0.3, -0.25) is 0 Å². The topological polar surface area (TPSA) is 63.8 Å². The van der Waals surface area contributed by atoms with Crippen molar-refractivity contribution in [2.75, 3.05) is 11.5 Å². The highest BCUT2D eigenvalue weighted by atomic mass is 32.2. The molecule has 5 nitrogen and oxygen atoms in total. The van der Waals surface area contributed by atoms with Gasteiger partial charge in [0.2, 0.25) is 0 Å². The maximum absolute atomic E-state index is 10.7. The van der Waals surface area contributed by atoms with Crippen LogP contribution in [0.25, 0.3) is 0 Å². The monoisotopic (exact) mass is 242 g/mol. The number of aryl methyl sites for hydroxylation is 1. The minimum atomic E-state index is -0.723. The second-order valence-electron chi connectivity index (χ2n) is 5.09. The molecule has 90 valence electrons. The predicted octanol–water partition coefficient (Wildman–Crippen LogP) is 0.647. The molecule has 1 fully saturated rings. The predicted molar refractivity (Wildman–Crippen MR) is 63.2 cm³/mol. The van der Waals surface area contributed by atoms with Gasteiger partial charge < -0.3 is 5.11 Å². The third-order valence-electron chi connectivity index (χ3n) is 3.47. The Labute approximate surface area is 99.6 Å². The average molecular weight is 242 g/mol. The van der Waals surface area contributed by atoms with E-state index in [1.165, 1.54) is 4.80 Å². The summed E-state index contributed by atoms with van der Waals surface area (Å²) in [7, 11) is 1.74. The molecule has 0 aromatic carbocycles. The van der Waals surface area contributed by atoms with E-state index in [4.69, 9.17) is 0 Å². The standard InChI is InChI=1S/C10H18N4OS/c1-9(2)4-5-16-7-10(9,15)6-8-11-13-14(3)12-8/h15H,4-7H2,1-3H3. The molecule has 1 atom stereocenters. The fraction of sp³-hybridized carbons (Fsp3) is 0.900. The highest BCUT2D eigenvalue weighted by Crippen LogP contribution is 2.43. The zero-order valence-corrected chi connectivity index (χ0v) is 10.8. The van der Waals surface area contributed by atoms with Crippen molar-refractivity contribution in [2.24, 2.45) is 12.5 Å². The Morgan fingerprint density at radius 3 is 2.81 bits per heavy atom. The summed E-state index contributed by atoms with van der Waals surface area (Å²) in [5.41, 5.74) is -0.809. The first-order valence-electron chi connectivity index (χ1n) is 5.46. The summed E-state index contributed by atoms with van der Waals surface area (Å²) in [6.07, 6.45) is 1.51. The number of aliphatic hydroxyl groups is 1. The smallest absolute Gasteiger partial charge is 0.177 e. The normalized spacial score (nSPS) is 29.2. The van der Waals surface area contributed by atoms with Gasteiger partial charge in [0.15, 0.2) is 5.82 Å². The fourth-order valence-electron chi connectivity index (χ4n) is 1.94. The molecule has 1 aliphatic rings. The van der Waals surface area contributed by atoms with Crippen LogP contribution in [0.5, 0.6) is 0 Å². The van der Waals surface area contributed by atoms with Crippen molar-refractivity contribution in [1.29, 1.82) is 0 Å². The zero-order chi connectivity index (χ0) is 11.8. The van der Waals surface area contributed by atoms with Crippen molar-refractivity contribution in [3.05, 3.63) is 5.82 Å². The second-order valence-corrected chi connectivity index (χ2v) is 6.20. The lowest BCUT2D eigenvalue weighted by molar-refractivity contribution is -0.0527. The average Bonchev–Trinajstić information content (AvgIpc) is 2.57. The minimum absolute atomic E-state index is 0.0859. The zero-order valence-electron chi connectivity index (χ0n) is 9.97. The summed E-state index contributed by atoms with van der Waals surface area (Å²) < 4.78 is 0. The van der Waals surface area contributed by atoms with Crippen LogP contribution in [0.1, 0.15) is 26.1 Å². The van der Waals surface area contributed by atoms with Crippen LogP contribution in [0.3, 0.4) is 0 Å². The van der Waals surface area contributed by atoms with E-state index in [9.17, 15) is 5.11 Å². The summed E-state index contributed by atoms with van der Waals surface area (Å²) in [6.45, 7) is 4.23. The quantitative estimate of drug-likeness (QED) is 0.825. The molecule has 6 heteroatoms. The van der Waals surface area contributed by atoms with Crippen molar-refractivity contribution < 1.29 is 5.11 Å². The molecule has 1 aliphatic heterocycles. The molecule has 0 radical (unpaired) electrons. The Kier molecular flexibility index (Phi) is 2.96. The van der Waals surface area contributed by atoms with E-state index in [0.29, 0.717) is 12.2 Å². The number of tetrazole rings is 1. The van der Waals surface area contributed by atoms with Crippen LogP contribution >= 0.6 is 11.8 Å². The van der Waals surface area contributed by atoms with Crippen molar-refractivity contribution in [1.82, 2.24) is 20.2 Å². The first kappa shape index (κ1) is 11.9. The van der Waals surface area contributed by atoms with Gasteiger partial charge in [-0.25, -0.2) is 0 Å². The van der Waals surface area contributed by atoms with Gasteiger partial charge in [0.25, 0.3) is 0 Å². The number of nitrogens with zero attached hydrogens (tertiary/aromatic N) is 4. The number of hydrogen-bond acceptors (Lipinski definition) is 5. The highest BCUT2D eigenvalue weighted by molar-refractivity contribution is 7.99. The van der Waals surface area contributed by atoms with Crippen molar-refractivity contribution in [3.8, 4) is 0 Å².